The van der Waals surface area contributed by atoms with E-state index in [1.807, 2.05) is 18.7 Å². The highest BCUT2D eigenvalue weighted by Gasteiger charge is 2.40. The van der Waals surface area contributed by atoms with Gasteiger partial charge in [0.1, 0.15) is 16.3 Å². The van der Waals surface area contributed by atoms with Gasteiger partial charge in [-0.1, -0.05) is 20.3 Å². The van der Waals surface area contributed by atoms with Gasteiger partial charge in [0.15, 0.2) is 15.5 Å². The summed E-state index contributed by atoms with van der Waals surface area (Å²) in [6.07, 6.45) is -2.45. The average Bonchev–Trinajstić information content (AvgIpc) is 2.82. The lowest BCUT2D eigenvalue weighted by Gasteiger charge is -2.45. The van der Waals surface area contributed by atoms with E-state index in [2.05, 4.69) is 9.97 Å². The summed E-state index contributed by atoms with van der Waals surface area (Å²) in [5.74, 6) is -2.19. The number of benzene rings is 1. The van der Waals surface area contributed by atoms with Crippen LogP contribution in [0, 0.1) is 11.7 Å². The molecule has 1 unspecified atom stereocenters. The van der Waals surface area contributed by atoms with Gasteiger partial charge in [0.2, 0.25) is 5.95 Å². The van der Waals surface area contributed by atoms with Crippen LogP contribution >= 0.6 is 0 Å². The average molecular weight is 533 g/mol. The summed E-state index contributed by atoms with van der Waals surface area (Å²) in [6, 6.07) is 3.48. The van der Waals surface area contributed by atoms with Gasteiger partial charge in [-0.15, -0.1) is 0 Å². The maximum Gasteiger partial charge on any atom is 0.434 e. The number of piperazine rings is 1. The second-order valence-corrected chi connectivity index (χ2v) is 10.6. The smallest absolute Gasteiger partial charge is 0.434 e. The van der Waals surface area contributed by atoms with Crippen LogP contribution in [0.2, 0.25) is 0 Å². The molecular formula is C23H28F4N4O4S. The fourth-order valence-corrected chi connectivity index (χ4v) is 4.87. The molecular weight excluding hydrogens is 504 g/mol. The largest absolute Gasteiger partial charge is 0.462 e. The standard InChI is InChI=1S/C23H28F4N4O4S/c1-5-14(3)18-13-30(15-7-8-17(24)19(11-15)36(4,33)34)9-10-31(18)22-28-12-16(21(32)35-6-2)20(29-22)23(25,26)27/h7-8,11-12,14,18H,5-6,9-10,13H2,1-4H3/t14?,18-/m0/s1. The molecule has 0 amide bonds. The minimum atomic E-state index is -4.90. The summed E-state index contributed by atoms with van der Waals surface area (Å²) in [5, 5.41) is 0. The first-order chi connectivity index (χ1) is 16.8. The number of sulfone groups is 1. The number of alkyl halides is 3. The van der Waals surface area contributed by atoms with Crippen LogP contribution in [0.5, 0.6) is 0 Å². The number of nitrogens with zero attached hydrogens (tertiary/aromatic N) is 4. The lowest BCUT2D eigenvalue weighted by atomic mass is 9.95. The van der Waals surface area contributed by atoms with E-state index in [0.29, 0.717) is 25.2 Å². The lowest BCUT2D eigenvalue weighted by Crippen LogP contribution is -2.56. The van der Waals surface area contributed by atoms with E-state index in [1.165, 1.54) is 19.1 Å². The zero-order valence-corrected chi connectivity index (χ0v) is 21.2. The van der Waals surface area contributed by atoms with Gasteiger partial charge in [-0.25, -0.2) is 27.6 Å². The molecule has 0 aliphatic carbocycles. The van der Waals surface area contributed by atoms with Crippen molar-refractivity contribution in [2.75, 3.05) is 42.3 Å². The van der Waals surface area contributed by atoms with Gasteiger partial charge in [-0.2, -0.15) is 13.2 Å². The van der Waals surface area contributed by atoms with Crippen molar-refractivity contribution < 1.29 is 35.5 Å². The Hall–Kier alpha value is -2.96. The van der Waals surface area contributed by atoms with Crippen LogP contribution in [0.3, 0.4) is 0 Å². The number of ether oxygens (including phenoxy) is 1. The molecule has 13 heteroatoms. The van der Waals surface area contributed by atoms with E-state index in [9.17, 15) is 30.8 Å². The van der Waals surface area contributed by atoms with Crippen LogP contribution in [0.15, 0.2) is 29.3 Å². The van der Waals surface area contributed by atoms with E-state index >= 15 is 0 Å². The fourth-order valence-electron chi connectivity index (χ4n) is 4.11. The topological polar surface area (TPSA) is 92.7 Å². The minimum absolute atomic E-state index is 0.00898. The van der Waals surface area contributed by atoms with E-state index < -0.39 is 44.0 Å². The third kappa shape index (κ3) is 5.88. The van der Waals surface area contributed by atoms with Crippen molar-refractivity contribution in [3.05, 3.63) is 41.5 Å². The molecule has 2 atom stereocenters. The molecule has 0 bridgehead atoms. The van der Waals surface area contributed by atoms with Crippen LogP contribution in [0.25, 0.3) is 0 Å². The van der Waals surface area contributed by atoms with E-state index in [0.717, 1.165) is 18.5 Å². The first-order valence-electron chi connectivity index (χ1n) is 11.4. The predicted molar refractivity (Wildman–Crippen MR) is 125 cm³/mol. The molecule has 0 spiro atoms. The molecule has 1 aromatic heterocycles. The quantitative estimate of drug-likeness (QED) is 0.391. The Labute approximate surface area is 207 Å². The second-order valence-electron chi connectivity index (χ2n) is 8.63. The zero-order chi connectivity index (χ0) is 26.8. The van der Waals surface area contributed by atoms with Gasteiger partial charge < -0.3 is 14.5 Å². The summed E-state index contributed by atoms with van der Waals surface area (Å²) in [4.78, 5) is 23.0. The number of anilines is 2. The highest BCUT2D eigenvalue weighted by atomic mass is 32.2. The third-order valence-corrected chi connectivity index (χ3v) is 7.31. The van der Waals surface area contributed by atoms with Gasteiger partial charge in [-0.05, 0) is 31.0 Å². The normalized spacial score (nSPS) is 17.7. The number of rotatable bonds is 7. The third-order valence-electron chi connectivity index (χ3n) is 6.20. The van der Waals surface area contributed by atoms with Crippen LogP contribution in [-0.4, -0.2) is 62.9 Å². The molecule has 1 saturated heterocycles. The van der Waals surface area contributed by atoms with Crippen molar-refractivity contribution in [1.82, 2.24) is 9.97 Å². The van der Waals surface area contributed by atoms with E-state index in [4.69, 9.17) is 4.74 Å². The van der Waals surface area contributed by atoms with Crippen molar-refractivity contribution in [2.45, 2.75) is 44.3 Å². The van der Waals surface area contributed by atoms with Gasteiger partial charge in [0, 0.05) is 37.8 Å². The molecule has 2 aromatic rings. The Morgan fingerprint density at radius 3 is 2.53 bits per heavy atom. The number of hydrogen-bond acceptors (Lipinski definition) is 8. The molecule has 1 aromatic carbocycles. The van der Waals surface area contributed by atoms with Crippen molar-refractivity contribution in [1.29, 1.82) is 0 Å². The van der Waals surface area contributed by atoms with Gasteiger partial charge in [0.25, 0.3) is 0 Å². The molecule has 1 fully saturated rings. The summed E-state index contributed by atoms with van der Waals surface area (Å²) in [6.45, 7) is 6.09. The molecule has 1 aliphatic heterocycles. The fraction of sp³-hybridized carbons (Fsp3) is 0.522. The van der Waals surface area contributed by atoms with Crippen LogP contribution in [0.4, 0.5) is 29.2 Å². The Bertz CT molecular complexity index is 1220. The van der Waals surface area contributed by atoms with Gasteiger partial charge in [-0.3, -0.25) is 0 Å². The Kier molecular flexibility index (Phi) is 8.11. The number of carbonyl (C=O) groups excluding carboxylic acids is 1. The molecule has 0 saturated carbocycles. The van der Waals surface area contributed by atoms with Crippen molar-refractivity contribution in [2.24, 2.45) is 5.92 Å². The number of carbonyl (C=O) groups is 1. The summed E-state index contributed by atoms with van der Waals surface area (Å²) < 4.78 is 84.0. The first kappa shape index (κ1) is 27.6. The Balaban J connectivity index is 1.98. The summed E-state index contributed by atoms with van der Waals surface area (Å²) in [5.41, 5.74) is -1.64. The second kappa shape index (κ2) is 10.6. The predicted octanol–water partition coefficient (Wildman–Crippen LogP) is 3.96. The monoisotopic (exact) mass is 532 g/mol. The molecule has 8 nitrogen and oxygen atoms in total. The van der Waals surface area contributed by atoms with Gasteiger partial charge >= 0.3 is 12.1 Å². The molecule has 1 aliphatic rings. The summed E-state index contributed by atoms with van der Waals surface area (Å²) >= 11 is 0. The molecule has 2 heterocycles. The van der Waals surface area contributed by atoms with E-state index in [-0.39, 0.29) is 31.1 Å². The molecule has 3 rings (SSSR count). The Morgan fingerprint density at radius 1 is 1.25 bits per heavy atom. The lowest BCUT2D eigenvalue weighted by molar-refractivity contribution is -0.141. The van der Waals surface area contributed by atoms with Crippen molar-refractivity contribution in [3.8, 4) is 0 Å². The van der Waals surface area contributed by atoms with Crippen molar-refractivity contribution in [3.63, 3.8) is 0 Å². The van der Waals surface area contributed by atoms with E-state index in [1.54, 1.807) is 4.90 Å². The van der Waals surface area contributed by atoms with Crippen LogP contribution in [0.1, 0.15) is 43.2 Å². The maximum absolute atomic E-state index is 14.1. The number of aromatic nitrogens is 2. The van der Waals surface area contributed by atoms with Crippen molar-refractivity contribution >= 4 is 27.4 Å². The van der Waals surface area contributed by atoms with Gasteiger partial charge in [0.05, 0.1) is 12.6 Å². The molecule has 198 valence electrons. The van der Waals surface area contributed by atoms with Crippen LogP contribution in [-0.2, 0) is 20.8 Å². The highest BCUT2D eigenvalue weighted by molar-refractivity contribution is 7.90. The summed E-state index contributed by atoms with van der Waals surface area (Å²) in [7, 11) is -3.79. The first-order valence-corrected chi connectivity index (χ1v) is 13.3. The number of esters is 1. The number of hydrogen-bond donors (Lipinski definition) is 0. The molecule has 0 radical (unpaired) electrons. The maximum atomic E-state index is 14.1. The minimum Gasteiger partial charge on any atom is -0.462 e. The molecule has 0 N–H and O–H groups in total. The Morgan fingerprint density at radius 2 is 1.94 bits per heavy atom. The zero-order valence-electron chi connectivity index (χ0n) is 20.3. The highest BCUT2D eigenvalue weighted by Crippen LogP contribution is 2.34. The SMILES string of the molecule is CCOC(=O)c1cnc(N2CCN(c3ccc(F)c(S(C)(=O)=O)c3)C[C@H]2C(C)CC)nc1C(F)(F)F. The number of halogens is 4. The van der Waals surface area contributed by atoms with Crippen LogP contribution < -0.4 is 9.80 Å². The molecule has 36 heavy (non-hydrogen) atoms.